The quantitative estimate of drug-likeness (QED) is 0.799. The van der Waals surface area contributed by atoms with Gasteiger partial charge in [-0.25, -0.2) is 10.0 Å². The number of pyridine rings is 1. The molecule has 4 nitrogen and oxygen atoms in total. The summed E-state index contributed by atoms with van der Waals surface area (Å²) in [7, 11) is 0. The van der Waals surface area contributed by atoms with Gasteiger partial charge >= 0.3 is 0 Å². The molecule has 2 rings (SSSR count). The number of hydroxylamine groups is 2. The van der Waals surface area contributed by atoms with Crippen LogP contribution in [0.15, 0.2) is 6.20 Å². The van der Waals surface area contributed by atoms with E-state index in [9.17, 15) is 4.79 Å². The molecule has 1 amide bonds. The summed E-state index contributed by atoms with van der Waals surface area (Å²) in [4.78, 5) is 21.2. The monoisotopic (exact) mass is 294 g/mol. The van der Waals surface area contributed by atoms with Crippen LogP contribution in [0.1, 0.15) is 23.3 Å². The summed E-state index contributed by atoms with van der Waals surface area (Å²) in [5.74, 6) is -0.395. The van der Waals surface area contributed by atoms with Crippen LogP contribution >= 0.6 is 34.8 Å². The summed E-state index contributed by atoms with van der Waals surface area (Å²) >= 11 is 17.5. The Labute approximate surface area is 113 Å². The fraction of sp³-hybridized carbons (Fsp3) is 0.400. The van der Waals surface area contributed by atoms with Gasteiger partial charge in [-0.05, 0) is 12.8 Å². The number of hydrogen-bond acceptors (Lipinski definition) is 3. The molecule has 1 aliphatic rings. The topological polar surface area (TPSA) is 42.4 Å². The largest absolute Gasteiger partial charge is 0.297 e. The van der Waals surface area contributed by atoms with Crippen LogP contribution in [0, 0.1) is 0 Å². The number of carbonyl (C=O) groups is 1. The van der Waals surface area contributed by atoms with Gasteiger partial charge in [-0.3, -0.25) is 9.63 Å². The highest BCUT2D eigenvalue weighted by molar-refractivity contribution is 6.48. The minimum atomic E-state index is -0.395. The van der Waals surface area contributed by atoms with Crippen molar-refractivity contribution in [1.29, 1.82) is 0 Å². The van der Waals surface area contributed by atoms with E-state index >= 15 is 0 Å². The second kappa shape index (κ2) is 5.40. The summed E-state index contributed by atoms with van der Waals surface area (Å²) < 4.78 is 0. The third-order valence-corrected chi connectivity index (χ3v) is 3.59. The maximum Gasteiger partial charge on any atom is 0.297 e. The molecule has 0 bridgehead atoms. The van der Waals surface area contributed by atoms with Gasteiger partial charge in [-0.15, -0.1) is 0 Å². The van der Waals surface area contributed by atoms with Crippen molar-refractivity contribution in [3.8, 4) is 0 Å². The van der Waals surface area contributed by atoms with E-state index in [2.05, 4.69) is 4.98 Å². The molecule has 2 heterocycles. The number of rotatable bonds is 1. The maximum atomic E-state index is 12.0. The molecule has 1 aromatic rings. The summed E-state index contributed by atoms with van der Waals surface area (Å²) in [6, 6.07) is 0. The summed E-state index contributed by atoms with van der Waals surface area (Å²) in [6.45, 7) is 1.04. The van der Waals surface area contributed by atoms with E-state index in [4.69, 9.17) is 39.6 Å². The number of nitrogens with zero attached hydrogens (tertiary/aromatic N) is 2. The first kappa shape index (κ1) is 12.9. The van der Waals surface area contributed by atoms with Gasteiger partial charge in [0.05, 0.1) is 21.7 Å². The van der Waals surface area contributed by atoms with Gasteiger partial charge in [0.25, 0.3) is 5.91 Å². The molecule has 0 aromatic carbocycles. The Balaban J connectivity index is 2.27. The van der Waals surface area contributed by atoms with Crippen LogP contribution in [0.3, 0.4) is 0 Å². The summed E-state index contributed by atoms with van der Waals surface area (Å²) in [6.07, 6.45) is 3.13. The highest BCUT2D eigenvalue weighted by Crippen LogP contribution is 2.31. The number of aromatic nitrogens is 1. The minimum absolute atomic E-state index is 0.0540. The zero-order valence-corrected chi connectivity index (χ0v) is 11.0. The summed E-state index contributed by atoms with van der Waals surface area (Å²) in [5, 5.41) is 1.65. The van der Waals surface area contributed by atoms with Crippen molar-refractivity contribution >= 4 is 40.7 Å². The van der Waals surface area contributed by atoms with Crippen LogP contribution in [-0.4, -0.2) is 29.1 Å². The van der Waals surface area contributed by atoms with Crippen molar-refractivity contribution in [1.82, 2.24) is 10.0 Å². The smallest absolute Gasteiger partial charge is 0.271 e. The molecule has 92 valence electrons. The van der Waals surface area contributed by atoms with Crippen molar-refractivity contribution in [2.75, 3.05) is 13.2 Å². The summed E-state index contributed by atoms with van der Waals surface area (Å²) in [5.41, 5.74) is 0.0583. The van der Waals surface area contributed by atoms with E-state index in [-0.39, 0.29) is 20.8 Å². The first-order valence-electron chi connectivity index (χ1n) is 5.05. The van der Waals surface area contributed by atoms with Gasteiger partial charge in [0.15, 0.2) is 5.69 Å². The normalized spacial score (nSPS) is 16.1. The van der Waals surface area contributed by atoms with Crippen molar-refractivity contribution in [3.05, 3.63) is 27.0 Å². The molecule has 1 aliphatic heterocycles. The highest BCUT2D eigenvalue weighted by atomic mass is 35.5. The Kier molecular flexibility index (Phi) is 4.09. The molecular weight excluding hydrogens is 286 g/mol. The van der Waals surface area contributed by atoms with Crippen molar-refractivity contribution in [2.24, 2.45) is 0 Å². The molecule has 0 unspecified atom stereocenters. The van der Waals surface area contributed by atoms with E-state index in [1.54, 1.807) is 0 Å². The third-order valence-electron chi connectivity index (χ3n) is 2.35. The second-order valence-electron chi connectivity index (χ2n) is 3.53. The van der Waals surface area contributed by atoms with Crippen molar-refractivity contribution in [2.45, 2.75) is 12.8 Å². The van der Waals surface area contributed by atoms with E-state index in [0.717, 1.165) is 12.8 Å². The molecule has 7 heteroatoms. The van der Waals surface area contributed by atoms with E-state index in [1.807, 2.05) is 0 Å². The molecule has 1 fully saturated rings. The number of hydrogen-bond donors (Lipinski definition) is 0. The fourth-order valence-corrected chi connectivity index (χ4v) is 2.03. The number of carbonyl (C=O) groups excluding carboxylic acids is 1. The lowest BCUT2D eigenvalue weighted by Crippen LogP contribution is -2.36. The average molecular weight is 296 g/mol. The van der Waals surface area contributed by atoms with Crippen molar-refractivity contribution < 1.29 is 9.63 Å². The maximum absolute atomic E-state index is 12.0. The standard InChI is InChI=1S/C10H9Cl3N2O2/c11-6-5-14-9(8(13)7(6)12)10(16)15-3-1-2-4-17-15/h5H,1-4H2. The van der Waals surface area contributed by atoms with Gasteiger partial charge in [0.2, 0.25) is 0 Å². The average Bonchev–Trinajstić information content (AvgIpc) is 2.36. The van der Waals surface area contributed by atoms with Gasteiger partial charge in [-0.2, -0.15) is 0 Å². The van der Waals surface area contributed by atoms with E-state index in [1.165, 1.54) is 11.3 Å². The molecule has 0 aliphatic carbocycles. The molecular formula is C10H9Cl3N2O2. The molecule has 0 radical (unpaired) electrons. The highest BCUT2D eigenvalue weighted by Gasteiger charge is 2.24. The van der Waals surface area contributed by atoms with E-state index in [0.29, 0.717) is 13.2 Å². The lowest BCUT2D eigenvalue weighted by Gasteiger charge is -2.25. The number of amides is 1. The van der Waals surface area contributed by atoms with Gasteiger partial charge in [-0.1, -0.05) is 34.8 Å². The Morgan fingerprint density at radius 1 is 1.29 bits per heavy atom. The lowest BCUT2D eigenvalue weighted by molar-refractivity contribution is -0.144. The fourth-order valence-electron chi connectivity index (χ4n) is 1.47. The van der Waals surface area contributed by atoms with Crippen LogP contribution < -0.4 is 0 Å². The molecule has 0 atom stereocenters. The molecule has 17 heavy (non-hydrogen) atoms. The second-order valence-corrected chi connectivity index (χ2v) is 4.69. The predicted molar refractivity (Wildman–Crippen MR) is 65.5 cm³/mol. The zero-order chi connectivity index (χ0) is 12.4. The molecule has 1 saturated heterocycles. The molecule has 0 saturated carbocycles. The predicted octanol–water partition coefficient (Wildman–Crippen LogP) is 3.21. The van der Waals surface area contributed by atoms with Crippen LogP contribution in [0.2, 0.25) is 15.1 Å². The van der Waals surface area contributed by atoms with Crippen LogP contribution in [-0.2, 0) is 4.84 Å². The first-order valence-corrected chi connectivity index (χ1v) is 6.19. The van der Waals surface area contributed by atoms with Gasteiger partial charge in [0.1, 0.15) is 0 Å². The Hall–Kier alpha value is -0.550. The van der Waals surface area contributed by atoms with Crippen LogP contribution in [0.5, 0.6) is 0 Å². The molecule has 0 spiro atoms. The van der Waals surface area contributed by atoms with Crippen LogP contribution in [0.4, 0.5) is 0 Å². The van der Waals surface area contributed by atoms with Crippen molar-refractivity contribution in [3.63, 3.8) is 0 Å². The van der Waals surface area contributed by atoms with Gasteiger partial charge in [0, 0.05) is 12.7 Å². The minimum Gasteiger partial charge on any atom is -0.271 e. The Morgan fingerprint density at radius 3 is 2.71 bits per heavy atom. The molecule has 1 aromatic heterocycles. The Bertz CT molecular complexity index is 447. The first-order chi connectivity index (χ1) is 8.11. The van der Waals surface area contributed by atoms with Gasteiger partial charge < -0.3 is 0 Å². The SMILES string of the molecule is O=C(c1ncc(Cl)c(Cl)c1Cl)N1CCCCO1. The lowest BCUT2D eigenvalue weighted by atomic mass is 10.2. The zero-order valence-electron chi connectivity index (χ0n) is 8.75. The number of halogens is 3. The van der Waals surface area contributed by atoms with Crippen LogP contribution in [0.25, 0.3) is 0 Å². The Morgan fingerprint density at radius 2 is 2.06 bits per heavy atom. The molecule has 0 N–H and O–H groups in total. The van der Waals surface area contributed by atoms with E-state index < -0.39 is 5.91 Å². The third kappa shape index (κ3) is 2.65.